The van der Waals surface area contributed by atoms with Gasteiger partial charge in [-0.3, -0.25) is 4.79 Å². The molecule has 0 aliphatic rings. The van der Waals surface area contributed by atoms with Crippen LogP contribution in [-0.2, 0) is 6.54 Å². The van der Waals surface area contributed by atoms with Crippen molar-refractivity contribution in [2.24, 2.45) is 0 Å². The van der Waals surface area contributed by atoms with Gasteiger partial charge in [-0.25, -0.2) is 4.98 Å². The topological polar surface area (TPSA) is 42.0 Å². The first kappa shape index (κ1) is 11.8. The molecule has 0 amide bonds. The summed E-state index contributed by atoms with van der Waals surface area (Å²) in [6, 6.07) is 7.56. The number of thiazole rings is 1. The van der Waals surface area contributed by atoms with Crippen molar-refractivity contribution >= 4 is 22.8 Å². The maximum atomic E-state index is 11.4. The maximum Gasteiger partial charge on any atom is 0.162 e. The Bertz CT molecular complexity index is 477. The molecule has 0 fully saturated rings. The summed E-state index contributed by atoms with van der Waals surface area (Å²) in [7, 11) is 0. The molecular formula is C13H14N2OS. The van der Waals surface area contributed by atoms with Crippen molar-refractivity contribution in [1.82, 2.24) is 4.98 Å². The maximum absolute atomic E-state index is 11.4. The molecule has 1 heterocycles. The van der Waals surface area contributed by atoms with E-state index in [4.69, 9.17) is 0 Å². The Morgan fingerprint density at radius 3 is 2.71 bits per heavy atom. The molecule has 3 nitrogen and oxygen atoms in total. The summed E-state index contributed by atoms with van der Waals surface area (Å²) >= 11 is 1.59. The summed E-state index contributed by atoms with van der Waals surface area (Å²) in [5.74, 6) is 0.177. The van der Waals surface area contributed by atoms with Gasteiger partial charge in [0.2, 0.25) is 0 Å². The van der Waals surface area contributed by atoms with Crippen LogP contribution in [0, 0.1) is 0 Å². The summed E-state index contributed by atoms with van der Waals surface area (Å²) in [5.41, 5.74) is 4.63. The van der Waals surface area contributed by atoms with Crippen LogP contribution in [0.3, 0.4) is 0 Å². The Morgan fingerprint density at radius 2 is 2.12 bits per heavy atom. The van der Waals surface area contributed by atoms with E-state index in [0.717, 1.165) is 16.9 Å². The van der Waals surface area contributed by atoms with Crippen molar-refractivity contribution < 1.29 is 4.79 Å². The third kappa shape index (κ3) is 3.14. The second-order valence-corrected chi connectivity index (χ2v) is 4.41. The number of carbonyl (C=O) groups excluding carboxylic acids is 1. The molecule has 88 valence electrons. The average Bonchev–Trinajstić information content (AvgIpc) is 2.89. The first-order valence-corrected chi connectivity index (χ1v) is 6.48. The van der Waals surface area contributed by atoms with Gasteiger partial charge in [-0.05, 0) is 24.3 Å². The number of aromatic nitrogens is 1. The molecule has 0 bridgehead atoms. The third-order valence-corrected chi connectivity index (χ3v) is 3.12. The van der Waals surface area contributed by atoms with Gasteiger partial charge in [0.15, 0.2) is 5.78 Å². The summed E-state index contributed by atoms with van der Waals surface area (Å²) in [4.78, 5) is 15.6. The van der Waals surface area contributed by atoms with E-state index in [1.165, 1.54) is 0 Å². The minimum atomic E-state index is 0.177. The fourth-order valence-electron chi connectivity index (χ4n) is 1.50. The number of anilines is 1. The molecular weight excluding hydrogens is 232 g/mol. The zero-order valence-electron chi connectivity index (χ0n) is 9.64. The highest BCUT2D eigenvalue weighted by atomic mass is 32.1. The van der Waals surface area contributed by atoms with Gasteiger partial charge in [0, 0.05) is 23.1 Å². The van der Waals surface area contributed by atoms with Gasteiger partial charge in [0.25, 0.3) is 0 Å². The summed E-state index contributed by atoms with van der Waals surface area (Å²) in [6.07, 6.45) is 0.547. The van der Waals surface area contributed by atoms with Gasteiger partial charge in [-0.1, -0.05) is 6.92 Å². The second-order valence-electron chi connectivity index (χ2n) is 3.69. The van der Waals surface area contributed by atoms with Gasteiger partial charge in [0.1, 0.15) is 0 Å². The predicted octanol–water partition coefficient (Wildman–Crippen LogP) is 3.35. The summed E-state index contributed by atoms with van der Waals surface area (Å²) in [5, 5.41) is 5.28. The highest BCUT2D eigenvalue weighted by Crippen LogP contribution is 2.12. The average molecular weight is 246 g/mol. The molecule has 2 rings (SSSR count). The number of benzene rings is 1. The van der Waals surface area contributed by atoms with Crippen molar-refractivity contribution in [2.75, 3.05) is 5.32 Å². The SMILES string of the molecule is CCC(=O)c1ccc(NCc2cscn2)cc1. The largest absolute Gasteiger partial charge is 0.379 e. The van der Waals surface area contributed by atoms with Crippen molar-refractivity contribution in [3.05, 3.63) is 46.4 Å². The molecule has 0 aliphatic carbocycles. The van der Waals surface area contributed by atoms with Crippen molar-refractivity contribution in [3.8, 4) is 0 Å². The third-order valence-electron chi connectivity index (χ3n) is 2.49. The molecule has 0 aliphatic heterocycles. The van der Waals surface area contributed by atoms with Crippen LogP contribution >= 0.6 is 11.3 Å². The Morgan fingerprint density at radius 1 is 1.35 bits per heavy atom. The molecule has 0 atom stereocenters. The van der Waals surface area contributed by atoms with Crippen LogP contribution < -0.4 is 5.32 Å². The van der Waals surface area contributed by atoms with Crippen LogP contribution in [0.2, 0.25) is 0 Å². The molecule has 1 aromatic carbocycles. The summed E-state index contributed by atoms with van der Waals surface area (Å²) in [6.45, 7) is 2.58. The Labute approximate surface area is 105 Å². The normalized spacial score (nSPS) is 10.2. The molecule has 1 N–H and O–H groups in total. The van der Waals surface area contributed by atoms with Crippen molar-refractivity contribution in [1.29, 1.82) is 0 Å². The Kier molecular flexibility index (Phi) is 3.88. The molecule has 0 saturated heterocycles. The highest BCUT2D eigenvalue weighted by molar-refractivity contribution is 7.07. The number of nitrogens with one attached hydrogen (secondary N) is 1. The first-order valence-electron chi connectivity index (χ1n) is 5.54. The van der Waals surface area contributed by atoms with Gasteiger partial charge in [-0.2, -0.15) is 0 Å². The lowest BCUT2D eigenvalue weighted by Crippen LogP contribution is -2.01. The standard InChI is InChI=1S/C13H14N2OS/c1-2-13(16)10-3-5-11(6-4-10)14-7-12-8-17-9-15-12/h3-6,8-9,14H,2,7H2,1H3. The number of nitrogens with zero attached hydrogens (tertiary/aromatic N) is 1. The van der Waals surface area contributed by atoms with E-state index in [2.05, 4.69) is 10.3 Å². The van der Waals surface area contributed by atoms with E-state index in [1.54, 1.807) is 11.3 Å². The molecule has 17 heavy (non-hydrogen) atoms. The number of hydrogen-bond acceptors (Lipinski definition) is 4. The van der Waals surface area contributed by atoms with Gasteiger partial charge >= 0.3 is 0 Å². The number of hydrogen-bond donors (Lipinski definition) is 1. The molecule has 2 aromatic rings. The highest BCUT2D eigenvalue weighted by Gasteiger charge is 2.02. The molecule has 0 unspecified atom stereocenters. The van der Waals surface area contributed by atoms with Gasteiger partial charge < -0.3 is 5.32 Å². The monoisotopic (exact) mass is 246 g/mol. The van der Waals surface area contributed by atoms with E-state index < -0.39 is 0 Å². The van der Waals surface area contributed by atoms with Crippen LogP contribution in [0.25, 0.3) is 0 Å². The fourth-order valence-corrected chi connectivity index (χ4v) is 2.05. The molecule has 0 saturated carbocycles. The Hall–Kier alpha value is -1.68. The number of Topliss-reactive ketones (excluding diaryl/α,β-unsaturated/α-hetero) is 1. The lowest BCUT2D eigenvalue weighted by molar-refractivity contribution is 0.0988. The lowest BCUT2D eigenvalue weighted by atomic mass is 10.1. The van der Waals surface area contributed by atoms with Crippen LogP contribution in [0.5, 0.6) is 0 Å². The van der Waals surface area contributed by atoms with E-state index >= 15 is 0 Å². The van der Waals surface area contributed by atoms with E-state index in [0.29, 0.717) is 13.0 Å². The minimum absolute atomic E-state index is 0.177. The molecule has 1 aromatic heterocycles. The van der Waals surface area contributed by atoms with E-state index in [-0.39, 0.29) is 5.78 Å². The fraction of sp³-hybridized carbons (Fsp3) is 0.231. The van der Waals surface area contributed by atoms with Crippen LogP contribution in [0.15, 0.2) is 35.2 Å². The Balaban J connectivity index is 1.96. The van der Waals surface area contributed by atoms with Crippen molar-refractivity contribution in [2.45, 2.75) is 19.9 Å². The zero-order valence-corrected chi connectivity index (χ0v) is 10.5. The summed E-state index contributed by atoms with van der Waals surface area (Å²) < 4.78 is 0. The smallest absolute Gasteiger partial charge is 0.162 e. The van der Waals surface area contributed by atoms with Crippen LogP contribution in [-0.4, -0.2) is 10.8 Å². The zero-order chi connectivity index (χ0) is 12.1. The van der Waals surface area contributed by atoms with Gasteiger partial charge in [-0.15, -0.1) is 11.3 Å². The quantitative estimate of drug-likeness (QED) is 0.823. The van der Waals surface area contributed by atoms with E-state index in [1.807, 2.05) is 42.1 Å². The molecule has 0 spiro atoms. The molecule has 4 heteroatoms. The minimum Gasteiger partial charge on any atom is -0.379 e. The van der Waals surface area contributed by atoms with Crippen LogP contribution in [0.1, 0.15) is 29.4 Å². The number of rotatable bonds is 5. The van der Waals surface area contributed by atoms with Crippen molar-refractivity contribution in [3.63, 3.8) is 0 Å². The second kappa shape index (κ2) is 5.59. The van der Waals surface area contributed by atoms with Gasteiger partial charge in [0.05, 0.1) is 17.7 Å². The number of ketones is 1. The predicted molar refractivity (Wildman–Crippen MR) is 70.5 cm³/mol. The van der Waals surface area contributed by atoms with E-state index in [9.17, 15) is 4.79 Å². The number of carbonyl (C=O) groups is 1. The van der Waals surface area contributed by atoms with Crippen LogP contribution in [0.4, 0.5) is 5.69 Å². The lowest BCUT2D eigenvalue weighted by Gasteiger charge is -2.05. The first-order chi connectivity index (χ1) is 8.29. The molecule has 0 radical (unpaired) electrons.